The summed E-state index contributed by atoms with van der Waals surface area (Å²) in [6.45, 7) is 0.719. The van der Waals surface area contributed by atoms with Gasteiger partial charge in [-0.1, -0.05) is 22.9 Å². The van der Waals surface area contributed by atoms with Gasteiger partial charge >= 0.3 is 16.8 Å². The second-order valence-electron chi connectivity index (χ2n) is 6.25. The predicted octanol–water partition coefficient (Wildman–Crippen LogP) is 1.89. The van der Waals surface area contributed by atoms with Crippen molar-refractivity contribution in [3.8, 4) is 0 Å². The number of aromatic nitrogens is 1. The number of nitrogens with zero attached hydrogens (tertiary/aromatic N) is 2. The summed E-state index contributed by atoms with van der Waals surface area (Å²) in [5.74, 6) is -2.13. The minimum atomic E-state index is -1.23. The second-order valence-corrected chi connectivity index (χ2v) is 7.68. The molecule has 0 atom stereocenters. The Balaban J connectivity index is 1.57. The van der Waals surface area contributed by atoms with Crippen molar-refractivity contribution in [3.63, 3.8) is 0 Å². The third-order valence-electron chi connectivity index (χ3n) is 4.36. The van der Waals surface area contributed by atoms with Gasteiger partial charge < -0.3 is 14.7 Å². The summed E-state index contributed by atoms with van der Waals surface area (Å²) in [6.07, 6.45) is 2.11. The molecule has 1 saturated heterocycles. The molecule has 1 aliphatic heterocycles. The van der Waals surface area contributed by atoms with Crippen LogP contribution in [0.3, 0.4) is 0 Å². The highest BCUT2D eigenvalue weighted by molar-refractivity contribution is 7.16. The average Bonchev–Trinajstić information content (AvgIpc) is 2.95. The number of amides is 1. The Labute approximate surface area is 168 Å². The Morgan fingerprint density at radius 2 is 1.96 bits per heavy atom. The Hall–Kier alpha value is -2.65. The normalized spacial score (nSPS) is 15.2. The fourth-order valence-corrected chi connectivity index (χ4v) is 4.16. The highest BCUT2D eigenvalue weighted by Crippen LogP contribution is 2.22. The van der Waals surface area contributed by atoms with E-state index in [4.69, 9.17) is 21.4 Å². The molecule has 1 amide bonds. The van der Waals surface area contributed by atoms with E-state index in [1.807, 2.05) is 0 Å². The largest absolute Gasteiger partial charge is 0.478 e. The van der Waals surface area contributed by atoms with Gasteiger partial charge in [-0.2, -0.15) is 0 Å². The summed E-state index contributed by atoms with van der Waals surface area (Å²) >= 11 is 6.99. The van der Waals surface area contributed by atoms with Crippen molar-refractivity contribution in [2.45, 2.75) is 25.5 Å². The van der Waals surface area contributed by atoms with Gasteiger partial charge in [-0.05, 0) is 18.2 Å². The maximum absolute atomic E-state index is 12.6. The zero-order valence-electron chi connectivity index (χ0n) is 14.7. The van der Waals surface area contributed by atoms with Crippen LogP contribution in [0, 0.1) is 0 Å². The lowest BCUT2D eigenvalue weighted by Crippen LogP contribution is -2.43. The molecular weight excluding hydrogens is 408 g/mol. The molecule has 0 radical (unpaired) electrons. The van der Waals surface area contributed by atoms with E-state index in [0.717, 1.165) is 28.2 Å². The van der Waals surface area contributed by atoms with Crippen LogP contribution in [0.1, 0.15) is 12.8 Å². The number of aliphatic carboxylic acids is 1. The molecule has 28 heavy (non-hydrogen) atoms. The molecule has 1 aromatic carbocycles. The van der Waals surface area contributed by atoms with Crippen molar-refractivity contribution in [3.05, 3.63) is 45.0 Å². The molecule has 2 aromatic rings. The standard InChI is InChI=1S/C18H17ClN2O6S/c19-11-1-2-13-14(9-11)28-18(26)21(13)10-15(22)20-7-5-12(6-8-20)27-17(25)4-3-16(23)24/h1-4,9,12H,5-8,10H2,(H,23,24). The third-order valence-corrected chi connectivity index (χ3v) is 5.54. The van der Waals surface area contributed by atoms with E-state index in [9.17, 15) is 19.2 Å². The van der Waals surface area contributed by atoms with Crippen LogP contribution in [0.4, 0.5) is 0 Å². The number of carboxylic acids is 1. The summed E-state index contributed by atoms with van der Waals surface area (Å²) < 4.78 is 7.33. The molecule has 0 unspecified atom stereocenters. The number of carbonyl (C=O) groups is 3. The Morgan fingerprint density at radius 3 is 2.64 bits per heavy atom. The number of rotatable bonds is 5. The molecule has 1 fully saturated rings. The minimum absolute atomic E-state index is 0.0632. The van der Waals surface area contributed by atoms with Crippen LogP contribution in [-0.2, 0) is 25.7 Å². The lowest BCUT2D eigenvalue weighted by molar-refractivity contribution is -0.147. The van der Waals surface area contributed by atoms with E-state index >= 15 is 0 Å². The van der Waals surface area contributed by atoms with E-state index in [0.29, 0.717) is 36.5 Å². The van der Waals surface area contributed by atoms with Gasteiger partial charge in [-0.15, -0.1) is 0 Å². The highest BCUT2D eigenvalue weighted by atomic mass is 35.5. The Morgan fingerprint density at radius 1 is 1.25 bits per heavy atom. The third kappa shape index (κ3) is 4.79. The topological polar surface area (TPSA) is 106 Å². The summed E-state index contributed by atoms with van der Waals surface area (Å²) in [7, 11) is 0. The number of esters is 1. The zero-order chi connectivity index (χ0) is 20.3. The molecule has 0 spiro atoms. The van der Waals surface area contributed by atoms with Gasteiger partial charge in [0.25, 0.3) is 0 Å². The molecule has 148 valence electrons. The van der Waals surface area contributed by atoms with Gasteiger partial charge in [0.05, 0.1) is 10.2 Å². The molecule has 1 N–H and O–H groups in total. The number of thiazole rings is 1. The fraction of sp³-hybridized carbons (Fsp3) is 0.333. The van der Waals surface area contributed by atoms with Gasteiger partial charge in [-0.3, -0.25) is 14.2 Å². The molecule has 1 aromatic heterocycles. The van der Waals surface area contributed by atoms with Gasteiger partial charge in [0, 0.05) is 43.1 Å². The van der Waals surface area contributed by atoms with Crippen LogP contribution >= 0.6 is 22.9 Å². The molecule has 0 saturated carbocycles. The van der Waals surface area contributed by atoms with Crippen molar-refractivity contribution in [1.82, 2.24) is 9.47 Å². The van der Waals surface area contributed by atoms with E-state index in [2.05, 4.69) is 0 Å². The van der Waals surface area contributed by atoms with Gasteiger partial charge in [0.1, 0.15) is 12.6 Å². The number of carbonyl (C=O) groups excluding carboxylic acids is 2. The van der Waals surface area contributed by atoms with Gasteiger partial charge in [0.15, 0.2) is 0 Å². The quantitative estimate of drug-likeness (QED) is 0.580. The number of hydrogen-bond acceptors (Lipinski definition) is 6. The Bertz CT molecular complexity index is 1000. The molecule has 10 heteroatoms. The molecular formula is C18H17ClN2O6S. The van der Waals surface area contributed by atoms with Crippen LogP contribution in [-0.4, -0.2) is 51.6 Å². The predicted molar refractivity (Wildman–Crippen MR) is 104 cm³/mol. The molecule has 1 aliphatic rings. The van der Waals surface area contributed by atoms with E-state index in [1.165, 1.54) is 4.57 Å². The first kappa shape index (κ1) is 20.1. The first-order valence-electron chi connectivity index (χ1n) is 8.52. The summed E-state index contributed by atoms with van der Waals surface area (Å²) in [6, 6.07) is 5.09. The molecule has 2 heterocycles. The smallest absolute Gasteiger partial charge is 0.331 e. The number of ether oxygens (including phenoxy) is 1. The van der Waals surface area contributed by atoms with Crippen molar-refractivity contribution in [1.29, 1.82) is 0 Å². The first-order valence-corrected chi connectivity index (χ1v) is 9.71. The molecule has 8 nitrogen and oxygen atoms in total. The van der Waals surface area contributed by atoms with Crippen LogP contribution in [0.25, 0.3) is 10.2 Å². The van der Waals surface area contributed by atoms with Crippen molar-refractivity contribution in [2.75, 3.05) is 13.1 Å². The number of hydrogen-bond donors (Lipinski definition) is 1. The Kier molecular flexibility index (Phi) is 6.15. The fourth-order valence-electron chi connectivity index (χ4n) is 2.99. The number of carboxylic acid groups (broad SMARTS) is 1. The van der Waals surface area contributed by atoms with Crippen molar-refractivity contribution in [2.24, 2.45) is 0 Å². The highest BCUT2D eigenvalue weighted by Gasteiger charge is 2.25. The average molecular weight is 425 g/mol. The summed E-state index contributed by atoms with van der Waals surface area (Å²) in [5, 5.41) is 9.03. The van der Waals surface area contributed by atoms with Crippen molar-refractivity contribution < 1.29 is 24.2 Å². The monoisotopic (exact) mass is 424 g/mol. The SMILES string of the molecule is O=C(O)C=CC(=O)OC1CCN(C(=O)Cn2c(=O)sc3cc(Cl)ccc32)CC1. The summed E-state index contributed by atoms with van der Waals surface area (Å²) in [4.78, 5) is 48.1. The number of fused-ring (bicyclic) bond motifs is 1. The van der Waals surface area contributed by atoms with E-state index in [1.54, 1.807) is 23.1 Å². The first-order chi connectivity index (χ1) is 13.3. The minimum Gasteiger partial charge on any atom is -0.478 e. The van der Waals surface area contributed by atoms with E-state index in [-0.39, 0.29) is 23.4 Å². The van der Waals surface area contributed by atoms with Crippen LogP contribution in [0.15, 0.2) is 35.1 Å². The van der Waals surface area contributed by atoms with Crippen LogP contribution < -0.4 is 4.87 Å². The summed E-state index contributed by atoms with van der Waals surface area (Å²) in [5.41, 5.74) is 0.668. The van der Waals surface area contributed by atoms with Gasteiger partial charge in [0.2, 0.25) is 5.91 Å². The van der Waals surface area contributed by atoms with Crippen LogP contribution in [0.2, 0.25) is 5.02 Å². The van der Waals surface area contributed by atoms with Gasteiger partial charge in [-0.25, -0.2) is 9.59 Å². The maximum Gasteiger partial charge on any atom is 0.331 e. The lowest BCUT2D eigenvalue weighted by Gasteiger charge is -2.31. The lowest BCUT2D eigenvalue weighted by atomic mass is 10.1. The molecule has 3 rings (SSSR count). The molecule has 0 aliphatic carbocycles. The number of benzene rings is 1. The van der Waals surface area contributed by atoms with E-state index < -0.39 is 11.9 Å². The number of halogens is 1. The zero-order valence-corrected chi connectivity index (χ0v) is 16.2. The number of likely N-dealkylation sites (tertiary alicyclic amines) is 1. The maximum atomic E-state index is 12.6. The second kappa shape index (κ2) is 8.57. The molecule has 0 bridgehead atoms. The van der Waals surface area contributed by atoms with Crippen molar-refractivity contribution >= 4 is 51.0 Å². The number of piperidine rings is 1. The van der Waals surface area contributed by atoms with Crippen LogP contribution in [0.5, 0.6) is 0 Å².